The van der Waals surface area contributed by atoms with Gasteiger partial charge in [-0.25, -0.2) is 0 Å². The molecule has 122 valence electrons. The maximum Gasteiger partial charge on any atom is 0.253 e. The van der Waals surface area contributed by atoms with Crippen molar-refractivity contribution in [2.45, 2.75) is 26.4 Å². The van der Waals surface area contributed by atoms with E-state index < -0.39 is 0 Å². The summed E-state index contributed by atoms with van der Waals surface area (Å²) in [6.45, 7) is 2.69. The van der Waals surface area contributed by atoms with Crippen LogP contribution in [-0.2, 0) is 17.9 Å². The molecule has 0 bridgehead atoms. The van der Waals surface area contributed by atoms with E-state index in [0.717, 1.165) is 16.5 Å². The lowest BCUT2D eigenvalue weighted by atomic mass is 10.1. The molecule has 0 saturated heterocycles. The molecule has 4 heteroatoms. The fraction of sp³-hybridized carbons (Fsp3) is 0.200. The highest BCUT2D eigenvalue weighted by atomic mass is 16.1. The summed E-state index contributed by atoms with van der Waals surface area (Å²) < 4.78 is 1.69. The highest BCUT2D eigenvalue weighted by Gasteiger charge is 2.08. The summed E-state index contributed by atoms with van der Waals surface area (Å²) in [5.74, 6) is -0.0589. The molecule has 3 rings (SSSR count). The van der Waals surface area contributed by atoms with Gasteiger partial charge in [0.2, 0.25) is 5.91 Å². The topological polar surface area (TPSA) is 51.1 Å². The summed E-state index contributed by atoms with van der Waals surface area (Å²) in [5.41, 5.74) is 2.58. The van der Waals surface area contributed by atoms with Crippen molar-refractivity contribution in [2.75, 3.05) is 0 Å². The molecule has 0 spiro atoms. The van der Waals surface area contributed by atoms with Crippen molar-refractivity contribution in [1.82, 2.24) is 9.88 Å². The van der Waals surface area contributed by atoms with Crippen LogP contribution in [0.2, 0.25) is 0 Å². The molecule has 0 aliphatic heterocycles. The van der Waals surface area contributed by atoms with Crippen molar-refractivity contribution in [3.63, 3.8) is 0 Å². The number of nitrogens with zero attached hydrogens (tertiary/aromatic N) is 1. The number of nitrogens with one attached hydrogen (secondary N) is 1. The van der Waals surface area contributed by atoms with Crippen LogP contribution in [0.5, 0.6) is 0 Å². The standard InChI is InChI=1S/C20H20N2O2/c1-15-13-17-9-5-6-10-18(17)22(20(15)24)12-11-19(23)21-14-16-7-3-2-4-8-16/h2-10,13H,11-12,14H2,1H3,(H,21,23). The van der Waals surface area contributed by atoms with E-state index in [9.17, 15) is 9.59 Å². The smallest absolute Gasteiger partial charge is 0.253 e. The van der Waals surface area contributed by atoms with Crippen LogP contribution in [0.4, 0.5) is 0 Å². The van der Waals surface area contributed by atoms with E-state index in [1.165, 1.54) is 0 Å². The normalized spacial score (nSPS) is 10.7. The van der Waals surface area contributed by atoms with Gasteiger partial charge in [-0.2, -0.15) is 0 Å². The number of hydrogen-bond acceptors (Lipinski definition) is 2. The zero-order valence-electron chi connectivity index (χ0n) is 13.7. The Hall–Kier alpha value is -2.88. The molecule has 4 nitrogen and oxygen atoms in total. The van der Waals surface area contributed by atoms with E-state index in [-0.39, 0.29) is 17.9 Å². The lowest BCUT2D eigenvalue weighted by molar-refractivity contribution is -0.121. The molecule has 1 heterocycles. The Morgan fingerprint density at radius 2 is 1.75 bits per heavy atom. The molecule has 1 N–H and O–H groups in total. The highest BCUT2D eigenvalue weighted by molar-refractivity contribution is 5.80. The van der Waals surface area contributed by atoms with Crippen LogP contribution in [0.3, 0.4) is 0 Å². The van der Waals surface area contributed by atoms with Gasteiger partial charge in [-0.15, -0.1) is 0 Å². The molecule has 3 aromatic rings. The molecule has 1 amide bonds. The number of amides is 1. The first-order chi connectivity index (χ1) is 11.6. The third-order valence-corrected chi connectivity index (χ3v) is 4.08. The second-order valence-electron chi connectivity index (χ2n) is 5.86. The third kappa shape index (κ3) is 3.54. The Bertz CT molecular complexity index is 914. The SMILES string of the molecule is Cc1cc2ccccc2n(CCC(=O)NCc2ccccc2)c1=O. The fourth-order valence-electron chi connectivity index (χ4n) is 2.79. The number of benzene rings is 2. The Kier molecular flexibility index (Phi) is 4.75. The van der Waals surface area contributed by atoms with E-state index in [0.29, 0.717) is 18.7 Å². The van der Waals surface area contributed by atoms with Crippen LogP contribution in [0.25, 0.3) is 10.9 Å². The van der Waals surface area contributed by atoms with E-state index in [4.69, 9.17) is 0 Å². The largest absolute Gasteiger partial charge is 0.352 e. The lowest BCUT2D eigenvalue weighted by Crippen LogP contribution is -2.28. The van der Waals surface area contributed by atoms with Crippen LogP contribution in [0, 0.1) is 6.92 Å². The maximum absolute atomic E-state index is 12.4. The van der Waals surface area contributed by atoms with Crippen molar-refractivity contribution in [1.29, 1.82) is 0 Å². The van der Waals surface area contributed by atoms with Gasteiger partial charge in [0.05, 0.1) is 5.52 Å². The Labute approximate surface area is 140 Å². The van der Waals surface area contributed by atoms with Crippen LogP contribution < -0.4 is 10.9 Å². The summed E-state index contributed by atoms with van der Waals surface area (Å²) in [6.07, 6.45) is 0.278. The van der Waals surface area contributed by atoms with Gasteiger partial charge in [0, 0.05) is 25.1 Å². The van der Waals surface area contributed by atoms with E-state index in [1.54, 1.807) is 11.5 Å². The third-order valence-electron chi connectivity index (χ3n) is 4.08. The van der Waals surface area contributed by atoms with Crippen molar-refractivity contribution in [2.24, 2.45) is 0 Å². The second kappa shape index (κ2) is 7.13. The summed E-state index contributed by atoms with van der Waals surface area (Å²) >= 11 is 0. The maximum atomic E-state index is 12.4. The average Bonchev–Trinajstić information content (AvgIpc) is 2.61. The summed E-state index contributed by atoms with van der Waals surface area (Å²) in [5, 5.41) is 3.91. The number of carbonyl (C=O) groups is 1. The molecule has 0 aliphatic rings. The second-order valence-corrected chi connectivity index (χ2v) is 5.86. The van der Waals surface area contributed by atoms with Crippen LogP contribution in [0.1, 0.15) is 17.5 Å². The van der Waals surface area contributed by atoms with Crippen molar-refractivity contribution >= 4 is 16.8 Å². The number of para-hydroxylation sites is 1. The molecule has 2 aromatic carbocycles. The van der Waals surface area contributed by atoms with E-state index in [2.05, 4.69) is 5.32 Å². The van der Waals surface area contributed by atoms with Crippen molar-refractivity contribution in [3.05, 3.63) is 82.1 Å². The van der Waals surface area contributed by atoms with Crippen LogP contribution >= 0.6 is 0 Å². The van der Waals surface area contributed by atoms with Crippen LogP contribution in [0.15, 0.2) is 65.5 Å². The number of aromatic nitrogens is 1. The quantitative estimate of drug-likeness (QED) is 0.785. The predicted molar refractivity (Wildman–Crippen MR) is 95.9 cm³/mol. The van der Waals surface area contributed by atoms with Gasteiger partial charge in [0.15, 0.2) is 0 Å². The van der Waals surface area contributed by atoms with Crippen LogP contribution in [-0.4, -0.2) is 10.5 Å². The van der Waals surface area contributed by atoms with Gasteiger partial charge in [-0.3, -0.25) is 9.59 Å². The Balaban J connectivity index is 1.70. The van der Waals surface area contributed by atoms with Gasteiger partial charge >= 0.3 is 0 Å². The molecule has 0 saturated carbocycles. The molecule has 0 fully saturated rings. The van der Waals surface area contributed by atoms with Gasteiger partial charge in [-0.05, 0) is 30.0 Å². The van der Waals surface area contributed by atoms with Crippen molar-refractivity contribution < 1.29 is 4.79 Å². The fourth-order valence-corrected chi connectivity index (χ4v) is 2.79. The van der Waals surface area contributed by atoms with Crippen molar-refractivity contribution in [3.8, 4) is 0 Å². The van der Waals surface area contributed by atoms with E-state index >= 15 is 0 Å². The highest BCUT2D eigenvalue weighted by Crippen LogP contribution is 2.13. The number of rotatable bonds is 5. The summed E-state index contributed by atoms with van der Waals surface area (Å²) in [7, 11) is 0. The first-order valence-electron chi connectivity index (χ1n) is 8.05. The average molecular weight is 320 g/mol. The number of fused-ring (bicyclic) bond motifs is 1. The zero-order valence-corrected chi connectivity index (χ0v) is 13.7. The van der Waals surface area contributed by atoms with E-state index in [1.807, 2.05) is 60.7 Å². The number of pyridine rings is 1. The van der Waals surface area contributed by atoms with Gasteiger partial charge in [-0.1, -0.05) is 48.5 Å². The minimum atomic E-state index is -0.0589. The van der Waals surface area contributed by atoms with Gasteiger partial charge < -0.3 is 9.88 Å². The summed E-state index contributed by atoms with van der Waals surface area (Å²) in [6, 6.07) is 19.4. The lowest BCUT2D eigenvalue weighted by Gasteiger charge is -2.12. The minimum Gasteiger partial charge on any atom is -0.352 e. The molecular weight excluding hydrogens is 300 g/mol. The summed E-state index contributed by atoms with van der Waals surface area (Å²) in [4.78, 5) is 24.5. The zero-order chi connectivity index (χ0) is 16.9. The van der Waals surface area contributed by atoms with Gasteiger partial charge in [0.1, 0.15) is 0 Å². The number of carbonyl (C=O) groups excluding carboxylic acids is 1. The molecule has 0 unspecified atom stereocenters. The number of aryl methyl sites for hydroxylation is 2. The Morgan fingerprint density at radius 1 is 1.04 bits per heavy atom. The first-order valence-corrected chi connectivity index (χ1v) is 8.05. The molecular formula is C20H20N2O2. The molecule has 0 atom stereocenters. The molecule has 0 radical (unpaired) electrons. The predicted octanol–water partition coefficient (Wildman–Crippen LogP) is 3.02. The monoisotopic (exact) mass is 320 g/mol. The van der Waals surface area contributed by atoms with Gasteiger partial charge in [0.25, 0.3) is 5.56 Å². The minimum absolute atomic E-state index is 0.0374. The first kappa shape index (κ1) is 16.0. The number of hydrogen-bond donors (Lipinski definition) is 1. The Morgan fingerprint density at radius 3 is 2.54 bits per heavy atom. The molecule has 1 aromatic heterocycles. The molecule has 0 aliphatic carbocycles. The molecule has 24 heavy (non-hydrogen) atoms.